The maximum absolute atomic E-state index is 13.1. The molecule has 1 aromatic carbocycles. The van der Waals surface area contributed by atoms with Gasteiger partial charge >= 0.3 is 0 Å². The summed E-state index contributed by atoms with van der Waals surface area (Å²) in [6.07, 6.45) is 10.9. The molecule has 0 bridgehead atoms. The second-order valence-electron chi connectivity index (χ2n) is 9.23. The van der Waals surface area contributed by atoms with E-state index >= 15 is 0 Å². The van der Waals surface area contributed by atoms with Gasteiger partial charge in [0.2, 0.25) is 5.82 Å². The summed E-state index contributed by atoms with van der Waals surface area (Å²) in [4.78, 5) is 26.8. The lowest BCUT2D eigenvalue weighted by molar-refractivity contribution is 0.0923. The predicted molar refractivity (Wildman–Crippen MR) is 129 cm³/mol. The lowest BCUT2D eigenvalue weighted by atomic mass is 9.90. The van der Waals surface area contributed by atoms with Crippen LogP contribution < -0.4 is 22.1 Å². The van der Waals surface area contributed by atoms with Gasteiger partial charge in [0.25, 0.3) is 5.91 Å². The Morgan fingerprint density at radius 2 is 1.72 bits per heavy atom. The van der Waals surface area contributed by atoms with Crippen LogP contribution in [-0.2, 0) is 0 Å². The van der Waals surface area contributed by atoms with E-state index in [1.54, 1.807) is 0 Å². The van der Waals surface area contributed by atoms with Crippen LogP contribution in [0.1, 0.15) is 80.4 Å². The number of benzene rings is 1. The number of guanidine groups is 1. The number of anilines is 1. The molecule has 8 nitrogen and oxygen atoms in total. The Bertz CT molecular complexity index is 978. The standard InChI is InChI=1S/C24H35N7O/c1-15-12-13-18-17(14-15)21(29-19-10-6-7-11-20(19)30-24(25)26)31-22(28-18)23(32)27-16-8-4-2-3-5-9-16/h12-14,16,19-20H,2-11H2,1H3,(H,27,32)(H4,25,26,30)(H,28,29,31)/t19-,20+/m1/s1. The van der Waals surface area contributed by atoms with Crippen molar-refractivity contribution in [3.05, 3.63) is 29.6 Å². The van der Waals surface area contributed by atoms with Crippen LogP contribution in [0, 0.1) is 6.92 Å². The SMILES string of the molecule is Cc1ccc2nc(C(=O)NC3CCCCCC3)nc(N[C@@H]3CCCC[C@@H]3N=C(N)N)c2c1. The highest BCUT2D eigenvalue weighted by Gasteiger charge is 2.27. The summed E-state index contributed by atoms with van der Waals surface area (Å²) in [7, 11) is 0. The van der Waals surface area contributed by atoms with Gasteiger partial charge in [0.05, 0.1) is 17.6 Å². The van der Waals surface area contributed by atoms with Crippen LogP contribution >= 0.6 is 0 Å². The van der Waals surface area contributed by atoms with E-state index < -0.39 is 0 Å². The van der Waals surface area contributed by atoms with E-state index in [0.29, 0.717) is 5.82 Å². The number of carbonyl (C=O) groups is 1. The van der Waals surface area contributed by atoms with E-state index in [-0.39, 0.29) is 35.8 Å². The summed E-state index contributed by atoms with van der Waals surface area (Å²) in [5, 5.41) is 7.64. The van der Waals surface area contributed by atoms with E-state index in [4.69, 9.17) is 16.5 Å². The Balaban J connectivity index is 1.63. The van der Waals surface area contributed by atoms with Gasteiger partial charge in [-0.25, -0.2) is 15.0 Å². The largest absolute Gasteiger partial charge is 0.370 e. The van der Waals surface area contributed by atoms with E-state index in [9.17, 15) is 4.79 Å². The summed E-state index contributed by atoms with van der Waals surface area (Å²) >= 11 is 0. The Hall–Kier alpha value is -2.90. The van der Waals surface area contributed by atoms with Crippen molar-refractivity contribution in [1.82, 2.24) is 15.3 Å². The van der Waals surface area contributed by atoms with Gasteiger partial charge in [-0.05, 0) is 44.7 Å². The van der Waals surface area contributed by atoms with Crippen LogP contribution in [0.3, 0.4) is 0 Å². The fourth-order valence-electron chi connectivity index (χ4n) is 4.93. The van der Waals surface area contributed by atoms with E-state index in [2.05, 4.69) is 26.7 Å². The molecule has 2 aromatic rings. The number of nitrogens with one attached hydrogen (secondary N) is 2. The Morgan fingerprint density at radius 3 is 2.47 bits per heavy atom. The van der Waals surface area contributed by atoms with E-state index in [0.717, 1.165) is 67.8 Å². The zero-order chi connectivity index (χ0) is 22.5. The summed E-state index contributed by atoms with van der Waals surface area (Å²) in [6.45, 7) is 2.04. The molecule has 0 aliphatic heterocycles. The number of aromatic nitrogens is 2. The molecule has 2 atom stereocenters. The first-order chi connectivity index (χ1) is 15.5. The van der Waals surface area contributed by atoms with Crippen molar-refractivity contribution in [2.45, 2.75) is 89.3 Å². The Labute approximate surface area is 189 Å². The minimum absolute atomic E-state index is 0.00756. The molecule has 8 heteroatoms. The highest BCUT2D eigenvalue weighted by molar-refractivity contribution is 5.96. The number of aryl methyl sites for hydroxylation is 1. The van der Waals surface area contributed by atoms with Crippen molar-refractivity contribution in [3.8, 4) is 0 Å². The van der Waals surface area contributed by atoms with Crippen LogP contribution in [0.4, 0.5) is 5.82 Å². The van der Waals surface area contributed by atoms with Gasteiger partial charge in [-0.3, -0.25) is 4.79 Å². The number of carbonyl (C=O) groups excluding carboxylic acids is 1. The lowest BCUT2D eigenvalue weighted by Crippen LogP contribution is -2.39. The number of aliphatic imine (C=N–C) groups is 1. The minimum Gasteiger partial charge on any atom is -0.370 e. The molecule has 172 valence electrons. The van der Waals surface area contributed by atoms with Crippen LogP contribution in [0.5, 0.6) is 0 Å². The molecule has 32 heavy (non-hydrogen) atoms. The molecule has 0 spiro atoms. The van der Waals surface area contributed by atoms with Crippen LogP contribution in [0.15, 0.2) is 23.2 Å². The fraction of sp³-hybridized carbons (Fsp3) is 0.583. The molecule has 0 radical (unpaired) electrons. The Kier molecular flexibility index (Phi) is 7.07. The van der Waals surface area contributed by atoms with Crippen molar-refractivity contribution in [1.29, 1.82) is 0 Å². The van der Waals surface area contributed by atoms with Gasteiger partial charge in [0.15, 0.2) is 5.96 Å². The number of rotatable bonds is 5. The van der Waals surface area contributed by atoms with Crippen molar-refractivity contribution in [2.75, 3.05) is 5.32 Å². The molecule has 1 aromatic heterocycles. The van der Waals surface area contributed by atoms with E-state index in [1.165, 1.54) is 12.8 Å². The lowest BCUT2D eigenvalue weighted by Gasteiger charge is -2.30. The van der Waals surface area contributed by atoms with Gasteiger partial charge < -0.3 is 22.1 Å². The van der Waals surface area contributed by atoms with Gasteiger partial charge in [-0.2, -0.15) is 0 Å². The van der Waals surface area contributed by atoms with Crippen molar-refractivity contribution in [3.63, 3.8) is 0 Å². The molecular weight excluding hydrogens is 402 g/mol. The first-order valence-corrected chi connectivity index (χ1v) is 11.9. The predicted octanol–water partition coefficient (Wildman–Crippen LogP) is 3.39. The maximum Gasteiger partial charge on any atom is 0.289 e. The molecule has 2 fully saturated rings. The molecule has 0 unspecified atom stereocenters. The summed E-state index contributed by atoms with van der Waals surface area (Å²) in [5.74, 6) is 0.789. The summed E-state index contributed by atoms with van der Waals surface area (Å²) in [6, 6.07) is 6.27. The number of nitrogens with two attached hydrogens (primary N) is 2. The first kappa shape index (κ1) is 22.3. The number of hydrogen-bond donors (Lipinski definition) is 4. The number of amides is 1. The molecule has 0 saturated heterocycles. The normalized spacial score (nSPS) is 22.2. The third-order valence-corrected chi connectivity index (χ3v) is 6.61. The fourth-order valence-corrected chi connectivity index (χ4v) is 4.93. The zero-order valence-corrected chi connectivity index (χ0v) is 18.9. The van der Waals surface area contributed by atoms with Crippen LogP contribution in [0.25, 0.3) is 10.9 Å². The number of fused-ring (bicyclic) bond motifs is 1. The zero-order valence-electron chi connectivity index (χ0n) is 18.9. The Morgan fingerprint density at radius 1 is 1.00 bits per heavy atom. The molecular formula is C24H35N7O. The molecule has 2 aliphatic rings. The average Bonchev–Trinajstić information content (AvgIpc) is 3.03. The molecule has 6 N–H and O–H groups in total. The molecule has 1 amide bonds. The van der Waals surface area contributed by atoms with Crippen LogP contribution in [0.2, 0.25) is 0 Å². The van der Waals surface area contributed by atoms with Gasteiger partial charge in [-0.1, -0.05) is 50.2 Å². The van der Waals surface area contributed by atoms with Gasteiger partial charge in [-0.15, -0.1) is 0 Å². The number of hydrogen-bond acceptors (Lipinski definition) is 5. The third kappa shape index (κ3) is 5.47. The number of nitrogens with zero attached hydrogens (tertiary/aromatic N) is 3. The second-order valence-corrected chi connectivity index (χ2v) is 9.23. The van der Waals surface area contributed by atoms with Crippen molar-refractivity contribution in [2.24, 2.45) is 16.5 Å². The highest BCUT2D eigenvalue weighted by atomic mass is 16.2. The summed E-state index contributed by atoms with van der Waals surface area (Å²) < 4.78 is 0. The second kappa shape index (κ2) is 10.1. The molecule has 4 rings (SSSR count). The van der Waals surface area contributed by atoms with Gasteiger partial charge in [0, 0.05) is 11.4 Å². The highest BCUT2D eigenvalue weighted by Crippen LogP contribution is 2.28. The average molecular weight is 438 g/mol. The summed E-state index contributed by atoms with van der Waals surface area (Å²) in [5.41, 5.74) is 13.2. The van der Waals surface area contributed by atoms with Crippen molar-refractivity contribution < 1.29 is 4.79 Å². The topological polar surface area (TPSA) is 131 Å². The first-order valence-electron chi connectivity index (χ1n) is 11.9. The maximum atomic E-state index is 13.1. The monoisotopic (exact) mass is 437 g/mol. The minimum atomic E-state index is -0.202. The van der Waals surface area contributed by atoms with Crippen LogP contribution in [-0.4, -0.2) is 40.0 Å². The molecule has 1 heterocycles. The quantitative estimate of drug-likeness (QED) is 0.322. The van der Waals surface area contributed by atoms with Gasteiger partial charge in [0.1, 0.15) is 5.82 Å². The molecule has 2 saturated carbocycles. The third-order valence-electron chi connectivity index (χ3n) is 6.61. The smallest absolute Gasteiger partial charge is 0.289 e. The van der Waals surface area contributed by atoms with E-state index in [1.807, 2.05) is 19.1 Å². The van der Waals surface area contributed by atoms with Crippen molar-refractivity contribution >= 4 is 28.6 Å². The molecule has 2 aliphatic carbocycles.